The maximum atomic E-state index is 5.22. The van der Waals surface area contributed by atoms with E-state index in [1.807, 2.05) is 0 Å². The van der Waals surface area contributed by atoms with Crippen molar-refractivity contribution >= 4 is 77.1 Å². The number of rotatable bonds is 5. The zero-order valence-corrected chi connectivity index (χ0v) is 32.8. The standard InChI is InChI=1S/C52H34IN3/c1-33-19-21-34(22-20-33)50-42-15-5-8-16-45(42)54-52(51(50)53)35-23-27-39(28-24-35)56-47-18-10-7-14-41(47)44-32-37(26-30-49(44)56)36-25-29-48-43(31-36)40-13-6-9-17-46(40)55(48)38-11-3-2-4-12-38/h2-32H,1H3. The van der Waals surface area contributed by atoms with Crippen molar-refractivity contribution in [2.75, 3.05) is 0 Å². The minimum Gasteiger partial charge on any atom is -0.309 e. The first kappa shape index (κ1) is 32.9. The van der Waals surface area contributed by atoms with Crippen molar-refractivity contribution in [2.24, 2.45) is 0 Å². The molecule has 0 radical (unpaired) electrons. The first-order valence-corrected chi connectivity index (χ1v) is 20.1. The van der Waals surface area contributed by atoms with Gasteiger partial charge < -0.3 is 9.13 Å². The molecule has 0 unspecified atom stereocenters. The third-order valence-corrected chi connectivity index (χ3v) is 12.3. The van der Waals surface area contributed by atoms with Crippen LogP contribution in [0.4, 0.5) is 0 Å². The second kappa shape index (κ2) is 13.1. The molecule has 3 heterocycles. The molecular weight excluding hydrogens is 793 g/mol. The third-order valence-electron chi connectivity index (χ3n) is 11.3. The molecular formula is C52H34IN3. The van der Waals surface area contributed by atoms with Crippen molar-refractivity contribution in [1.82, 2.24) is 14.1 Å². The molecule has 11 rings (SSSR count). The minimum absolute atomic E-state index is 1.00. The Labute approximate surface area is 338 Å². The molecule has 56 heavy (non-hydrogen) atoms. The fraction of sp³-hybridized carbons (Fsp3) is 0.0192. The van der Waals surface area contributed by atoms with Gasteiger partial charge in [0.05, 0.1) is 33.3 Å². The van der Waals surface area contributed by atoms with E-state index in [0.29, 0.717) is 0 Å². The van der Waals surface area contributed by atoms with Gasteiger partial charge in [0.1, 0.15) is 0 Å². The summed E-state index contributed by atoms with van der Waals surface area (Å²) >= 11 is 2.50. The molecule has 3 nitrogen and oxygen atoms in total. The number of hydrogen-bond acceptors (Lipinski definition) is 1. The van der Waals surface area contributed by atoms with Crippen LogP contribution in [0.3, 0.4) is 0 Å². The number of fused-ring (bicyclic) bond motifs is 7. The fourth-order valence-electron chi connectivity index (χ4n) is 8.59. The predicted molar refractivity (Wildman–Crippen MR) is 244 cm³/mol. The van der Waals surface area contributed by atoms with Crippen molar-refractivity contribution in [3.63, 3.8) is 0 Å². The van der Waals surface area contributed by atoms with Gasteiger partial charge in [-0.1, -0.05) is 127 Å². The average molecular weight is 828 g/mol. The van der Waals surface area contributed by atoms with E-state index in [4.69, 9.17) is 4.98 Å². The van der Waals surface area contributed by atoms with E-state index in [-0.39, 0.29) is 0 Å². The summed E-state index contributed by atoms with van der Waals surface area (Å²) in [4.78, 5) is 5.22. The molecule has 0 saturated heterocycles. The van der Waals surface area contributed by atoms with E-state index in [2.05, 4.69) is 227 Å². The number of aryl methyl sites for hydroxylation is 1. The normalized spacial score (nSPS) is 11.8. The number of aromatic nitrogens is 3. The molecule has 8 aromatic carbocycles. The molecule has 0 fully saturated rings. The first-order valence-electron chi connectivity index (χ1n) is 19.0. The maximum absolute atomic E-state index is 5.22. The lowest BCUT2D eigenvalue weighted by Crippen LogP contribution is -1.97. The van der Waals surface area contributed by atoms with Gasteiger partial charge >= 0.3 is 0 Å². The number of benzene rings is 8. The molecule has 264 valence electrons. The predicted octanol–water partition coefficient (Wildman–Crippen LogP) is 14.3. The van der Waals surface area contributed by atoms with Gasteiger partial charge in [0, 0.05) is 53.0 Å². The van der Waals surface area contributed by atoms with Gasteiger partial charge in [0.25, 0.3) is 0 Å². The lowest BCUT2D eigenvalue weighted by molar-refractivity contribution is 1.18. The van der Waals surface area contributed by atoms with Gasteiger partial charge in [-0.25, -0.2) is 4.98 Å². The molecule has 0 aliphatic heterocycles. The zero-order chi connectivity index (χ0) is 37.3. The lowest BCUT2D eigenvalue weighted by atomic mass is 9.97. The van der Waals surface area contributed by atoms with Crippen molar-refractivity contribution in [2.45, 2.75) is 6.92 Å². The Bertz CT molecular complexity index is 3300. The van der Waals surface area contributed by atoms with Crippen molar-refractivity contribution in [3.8, 4) is 44.9 Å². The van der Waals surface area contributed by atoms with Crippen molar-refractivity contribution in [3.05, 3.63) is 197 Å². The molecule has 0 spiro atoms. The van der Waals surface area contributed by atoms with Crippen molar-refractivity contribution < 1.29 is 0 Å². The minimum atomic E-state index is 1.00. The lowest BCUT2D eigenvalue weighted by Gasteiger charge is -2.15. The van der Waals surface area contributed by atoms with E-state index in [9.17, 15) is 0 Å². The van der Waals surface area contributed by atoms with Crippen LogP contribution in [0.2, 0.25) is 0 Å². The number of halogens is 1. The Morgan fingerprint density at radius 3 is 1.46 bits per heavy atom. The smallest absolute Gasteiger partial charge is 0.0849 e. The molecule has 0 atom stereocenters. The number of para-hydroxylation sites is 4. The van der Waals surface area contributed by atoms with Crippen LogP contribution in [0, 0.1) is 10.5 Å². The molecule has 0 amide bonds. The Balaban J connectivity index is 1.02. The number of hydrogen-bond donors (Lipinski definition) is 0. The van der Waals surface area contributed by atoms with Crippen LogP contribution in [-0.4, -0.2) is 14.1 Å². The SMILES string of the molecule is Cc1ccc(-c2c(I)c(-c3ccc(-n4c5ccccc5c5cc(-c6ccc7c(c6)c6ccccc6n7-c6ccccc6)ccc54)cc3)nc3ccccc23)cc1. The summed E-state index contributed by atoms with van der Waals surface area (Å²) in [5, 5.41) is 6.16. The molecule has 0 bridgehead atoms. The Morgan fingerprint density at radius 2 is 0.857 bits per heavy atom. The molecule has 4 heteroatoms. The van der Waals surface area contributed by atoms with Gasteiger partial charge in [-0.2, -0.15) is 0 Å². The van der Waals surface area contributed by atoms with Crippen LogP contribution < -0.4 is 0 Å². The van der Waals surface area contributed by atoms with Gasteiger partial charge in [0.15, 0.2) is 0 Å². The second-order valence-electron chi connectivity index (χ2n) is 14.6. The van der Waals surface area contributed by atoms with E-state index in [1.54, 1.807) is 0 Å². The highest BCUT2D eigenvalue weighted by molar-refractivity contribution is 14.1. The third kappa shape index (κ3) is 5.20. The molecule has 0 saturated carbocycles. The zero-order valence-electron chi connectivity index (χ0n) is 30.6. The quantitative estimate of drug-likeness (QED) is 0.159. The Hall–Kier alpha value is -6.50. The van der Waals surface area contributed by atoms with Crippen LogP contribution in [-0.2, 0) is 0 Å². The van der Waals surface area contributed by atoms with E-state index >= 15 is 0 Å². The fourth-order valence-corrected chi connectivity index (χ4v) is 9.62. The van der Waals surface area contributed by atoms with Crippen LogP contribution in [0.25, 0.3) is 99.4 Å². The second-order valence-corrected chi connectivity index (χ2v) is 15.7. The van der Waals surface area contributed by atoms with E-state index in [1.165, 1.54) is 82.5 Å². The summed E-state index contributed by atoms with van der Waals surface area (Å²) in [6.07, 6.45) is 0. The summed E-state index contributed by atoms with van der Waals surface area (Å²) in [6, 6.07) is 68.2. The van der Waals surface area contributed by atoms with E-state index < -0.39 is 0 Å². The first-order chi connectivity index (χ1) is 27.6. The summed E-state index contributed by atoms with van der Waals surface area (Å²) in [5.74, 6) is 0. The summed E-state index contributed by atoms with van der Waals surface area (Å²) in [5.41, 5.74) is 16.3. The van der Waals surface area contributed by atoms with Crippen LogP contribution in [0.1, 0.15) is 5.56 Å². The van der Waals surface area contributed by atoms with E-state index in [0.717, 1.165) is 26.0 Å². The average Bonchev–Trinajstić information content (AvgIpc) is 3.76. The van der Waals surface area contributed by atoms with Crippen LogP contribution in [0.5, 0.6) is 0 Å². The maximum Gasteiger partial charge on any atom is 0.0849 e. The number of pyridine rings is 1. The highest BCUT2D eigenvalue weighted by Crippen LogP contribution is 2.40. The Morgan fingerprint density at radius 1 is 0.393 bits per heavy atom. The summed E-state index contributed by atoms with van der Waals surface area (Å²) < 4.78 is 5.92. The number of nitrogens with zero attached hydrogens (tertiary/aromatic N) is 3. The largest absolute Gasteiger partial charge is 0.309 e. The van der Waals surface area contributed by atoms with Crippen LogP contribution in [0.15, 0.2) is 188 Å². The van der Waals surface area contributed by atoms with Crippen LogP contribution >= 0.6 is 22.6 Å². The monoisotopic (exact) mass is 827 g/mol. The molecule has 3 aromatic heterocycles. The highest BCUT2D eigenvalue weighted by atomic mass is 127. The topological polar surface area (TPSA) is 22.8 Å². The summed E-state index contributed by atoms with van der Waals surface area (Å²) in [6.45, 7) is 2.13. The molecule has 0 aliphatic carbocycles. The Kier molecular flexibility index (Phi) is 7.68. The van der Waals surface area contributed by atoms with Gasteiger partial charge in [0.2, 0.25) is 0 Å². The van der Waals surface area contributed by atoms with Gasteiger partial charge in [-0.15, -0.1) is 0 Å². The summed E-state index contributed by atoms with van der Waals surface area (Å²) in [7, 11) is 0. The van der Waals surface area contributed by atoms with Gasteiger partial charge in [-0.05, 0) is 113 Å². The van der Waals surface area contributed by atoms with Gasteiger partial charge in [-0.3, -0.25) is 0 Å². The van der Waals surface area contributed by atoms with Crippen molar-refractivity contribution in [1.29, 1.82) is 0 Å². The molecule has 11 aromatic rings. The molecule has 0 aliphatic rings. The molecule has 0 N–H and O–H groups in total. The highest BCUT2D eigenvalue weighted by Gasteiger charge is 2.19.